The second-order valence-electron chi connectivity index (χ2n) is 1.27. The first-order chi connectivity index (χ1) is 2.30. The fourth-order valence-electron chi connectivity index (χ4n) is 0.137. The molecule has 1 fully saturated rings. The topological polar surface area (TPSA) is 0 Å². The Morgan fingerprint density at radius 1 is 1.80 bits per heavy atom. The van der Waals surface area contributed by atoms with Gasteiger partial charge in [0.15, 0.2) is 0 Å². The second kappa shape index (κ2) is 1.06. The highest BCUT2D eigenvalue weighted by Crippen LogP contribution is 2.33. The predicted octanol–water partition coefficient (Wildman–Crippen LogP) is 1.53. The van der Waals surface area contributed by atoms with Crippen LogP contribution < -0.4 is 0 Å². The molecule has 1 saturated carbocycles. The van der Waals surface area contributed by atoms with E-state index in [2.05, 4.69) is 22.6 Å². The average Bonchev–Trinajstić information content (AvgIpc) is 1.79. The lowest BCUT2D eigenvalue weighted by molar-refractivity contribution is 0.484. The molecule has 0 N–H and O–H groups in total. The zero-order valence-corrected chi connectivity index (χ0v) is 4.78. The third kappa shape index (κ3) is 0.743. The van der Waals surface area contributed by atoms with Gasteiger partial charge in [-0.1, -0.05) is 22.6 Å². The molecule has 2 heteroatoms. The first-order valence-corrected chi connectivity index (χ1v) is 2.83. The lowest BCUT2D eigenvalue weighted by Crippen LogP contribution is -1.65. The Kier molecular flexibility index (Phi) is 0.816. The van der Waals surface area contributed by atoms with E-state index in [4.69, 9.17) is 0 Å². The van der Waals surface area contributed by atoms with Gasteiger partial charge < -0.3 is 0 Å². The summed E-state index contributed by atoms with van der Waals surface area (Å²) in [5, 5.41) is 0. The van der Waals surface area contributed by atoms with E-state index in [1.165, 1.54) is 0 Å². The molecule has 2 atom stereocenters. The van der Waals surface area contributed by atoms with Crippen molar-refractivity contribution in [3.8, 4) is 0 Å². The van der Waals surface area contributed by atoms with Crippen molar-refractivity contribution in [2.45, 2.75) is 16.5 Å². The van der Waals surface area contributed by atoms with E-state index in [9.17, 15) is 4.39 Å². The Morgan fingerprint density at radius 3 is 2.00 bits per heavy atom. The van der Waals surface area contributed by atoms with Crippen molar-refractivity contribution in [1.29, 1.82) is 0 Å². The first-order valence-electron chi connectivity index (χ1n) is 1.59. The van der Waals surface area contributed by atoms with Crippen molar-refractivity contribution in [2.24, 2.45) is 0 Å². The zero-order chi connectivity index (χ0) is 3.86. The molecule has 0 aromatic carbocycles. The predicted molar refractivity (Wildman–Crippen MR) is 27.3 cm³/mol. The van der Waals surface area contributed by atoms with Crippen LogP contribution in [0, 0.1) is 0 Å². The molecule has 0 spiro atoms. The molecule has 0 aliphatic heterocycles. The lowest BCUT2D eigenvalue weighted by atomic mass is 10.9. The van der Waals surface area contributed by atoms with Gasteiger partial charge in [-0.05, 0) is 6.42 Å². The molecule has 0 amide bonds. The smallest absolute Gasteiger partial charge is 0.113 e. The van der Waals surface area contributed by atoms with Gasteiger partial charge in [-0.2, -0.15) is 0 Å². The SMILES string of the molecule is F[C@@H]1C[C@H]1I. The van der Waals surface area contributed by atoms with Gasteiger partial charge in [0.2, 0.25) is 0 Å². The van der Waals surface area contributed by atoms with Crippen LogP contribution in [0.3, 0.4) is 0 Å². The molecule has 0 unspecified atom stereocenters. The number of alkyl halides is 2. The largest absolute Gasteiger partial charge is 0.246 e. The summed E-state index contributed by atoms with van der Waals surface area (Å²) in [6.07, 6.45) is 0.330. The van der Waals surface area contributed by atoms with Crippen LogP contribution in [0.1, 0.15) is 6.42 Å². The molecule has 0 aromatic heterocycles. The Hall–Kier alpha value is 0.660. The first kappa shape index (κ1) is 3.84. The number of halogens is 2. The van der Waals surface area contributed by atoms with Crippen molar-refractivity contribution in [3.63, 3.8) is 0 Å². The van der Waals surface area contributed by atoms with E-state index >= 15 is 0 Å². The van der Waals surface area contributed by atoms with Gasteiger partial charge in [-0.15, -0.1) is 0 Å². The standard InChI is InChI=1S/C3H4FI/c4-2-1-3(2)5/h2-3H,1H2/t2-,3-/m1/s1. The zero-order valence-electron chi connectivity index (χ0n) is 2.62. The summed E-state index contributed by atoms with van der Waals surface area (Å²) in [5.41, 5.74) is 0. The Morgan fingerprint density at radius 2 is 2.00 bits per heavy atom. The maximum Gasteiger partial charge on any atom is 0.113 e. The van der Waals surface area contributed by atoms with Crippen LogP contribution in [0.4, 0.5) is 4.39 Å². The van der Waals surface area contributed by atoms with Gasteiger partial charge in [-0.3, -0.25) is 0 Å². The van der Waals surface area contributed by atoms with Crippen LogP contribution >= 0.6 is 22.6 Å². The quantitative estimate of drug-likeness (QED) is 0.397. The third-order valence-electron chi connectivity index (χ3n) is 0.640. The highest BCUT2D eigenvalue weighted by atomic mass is 127. The van der Waals surface area contributed by atoms with Gasteiger partial charge in [0.05, 0.1) is 0 Å². The van der Waals surface area contributed by atoms with Crippen LogP contribution in [0.15, 0.2) is 0 Å². The van der Waals surface area contributed by atoms with E-state index in [0.29, 0.717) is 3.92 Å². The van der Waals surface area contributed by atoms with E-state index < -0.39 is 6.17 Å². The van der Waals surface area contributed by atoms with Crippen molar-refractivity contribution in [1.82, 2.24) is 0 Å². The molecule has 1 aliphatic carbocycles. The van der Waals surface area contributed by atoms with E-state index in [1.807, 2.05) is 0 Å². The minimum atomic E-state index is -0.462. The molecule has 1 rings (SSSR count). The van der Waals surface area contributed by atoms with Crippen molar-refractivity contribution < 1.29 is 4.39 Å². The van der Waals surface area contributed by atoms with Crippen molar-refractivity contribution >= 4 is 22.6 Å². The molecule has 5 heavy (non-hydrogen) atoms. The number of hydrogen-bond donors (Lipinski definition) is 0. The summed E-state index contributed by atoms with van der Waals surface area (Å²) >= 11 is 2.11. The van der Waals surface area contributed by atoms with Crippen molar-refractivity contribution in [3.05, 3.63) is 0 Å². The number of rotatable bonds is 0. The Bertz CT molecular complexity index is 40.2. The highest BCUT2D eigenvalue weighted by molar-refractivity contribution is 14.1. The Balaban J connectivity index is 2.20. The van der Waals surface area contributed by atoms with Crippen LogP contribution in [0.2, 0.25) is 0 Å². The number of hydrogen-bond acceptors (Lipinski definition) is 0. The average molecular weight is 186 g/mol. The van der Waals surface area contributed by atoms with E-state index in [0.717, 1.165) is 6.42 Å². The van der Waals surface area contributed by atoms with Crippen LogP contribution in [-0.4, -0.2) is 10.1 Å². The normalized spacial score (nSPS) is 49.2. The monoisotopic (exact) mass is 186 g/mol. The van der Waals surface area contributed by atoms with Crippen LogP contribution in [0.5, 0.6) is 0 Å². The molecule has 0 aromatic rings. The van der Waals surface area contributed by atoms with Crippen LogP contribution in [-0.2, 0) is 0 Å². The lowest BCUT2D eigenvalue weighted by Gasteiger charge is -1.61. The molecule has 1 aliphatic rings. The highest BCUT2D eigenvalue weighted by Gasteiger charge is 2.34. The maximum absolute atomic E-state index is 11.5. The maximum atomic E-state index is 11.5. The minimum absolute atomic E-state index is 0.354. The summed E-state index contributed by atoms with van der Waals surface area (Å²) in [6.45, 7) is 0. The molecule has 0 bridgehead atoms. The van der Waals surface area contributed by atoms with Gasteiger partial charge >= 0.3 is 0 Å². The third-order valence-corrected chi connectivity index (χ3v) is 1.93. The summed E-state index contributed by atoms with van der Waals surface area (Å²) in [4.78, 5) is 0. The molecule has 0 nitrogen and oxygen atoms in total. The minimum Gasteiger partial charge on any atom is -0.246 e. The van der Waals surface area contributed by atoms with Crippen LogP contribution in [0.25, 0.3) is 0 Å². The molecular weight excluding hydrogens is 182 g/mol. The molecule has 0 heterocycles. The molecular formula is C3H4FI. The molecule has 0 saturated heterocycles. The van der Waals surface area contributed by atoms with Gasteiger partial charge in [0.1, 0.15) is 6.17 Å². The summed E-state index contributed by atoms with van der Waals surface area (Å²) < 4.78 is 11.9. The van der Waals surface area contributed by atoms with Crippen molar-refractivity contribution in [2.75, 3.05) is 0 Å². The van der Waals surface area contributed by atoms with Gasteiger partial charge in [-0.25, -0.2) is 4.39 Å². The summed E-state index contributed by atoms with van der Waals surface area (Å²) in [7, 11) is 0. The second-order valence-corrected chi connectivity index (χ2v) is 2.87. The molecule has 30 valence electrons. The van der Waals surface area contributed by atoms with Gasteiger partial charge in [0, 0.05) is 3.92 Å². The van der Waals surface area contributed by atoms with E-state index in [1.54, 1.807) is 0 Å². The van der Waals surface area contributed by atoms with E-state index in [-0.39, 0.29) is 0 Å². The summed E-state index contributed by atoms with van der Waals surface area (Å²) in [6, 6.07) is 0. The fraction of sp³-hybridized carbons (Fsp3) is 1.00. The molecule has 0 radical (unpaired) electrons. The van der Waals surface area contributed by atoms with Gasteiger partial charge in [0.25, 0.3) is 0 Å². The fourth-order valence-corrected chi connectivity index (χ4v) is 0.622. The summed E-state index contributed by atoms with van der Waals surface area (Å²) in [5.74, 6) is 0. The Labute approximate surface area is 43.9 Å².